The number of fused-ring (bicyclic) bond motifs is 1. The van der Waals surface area contributed by atoms with Crippen LogP contribution in [0.3, 0.4) is 0 Å². The zero-order valence-electron chi connectivity index (χ0n) is 10.9. The van der Waals surface area contributed by atoms with Crippen molar-refractivity contribution in [3.63, 3.8) is 0 Å². The smallest absolute Gasteiger partial charge is 0.184 e. The van der Waals surface area contributed by atoms with E-state index >= 15 is 0 Å². The molecule has 0 radical (unpaired) electrons. The third kappa shape index (κ3) is 3.13. The van der Waals surface area contributed by atoms with Gasteiger partial charge in [0.25, 0.3) is 0 Å². The van der Waals surface area contributed by atoms with Crippen molar-refractivity contribution in [2.75, 3.05) is 11.9 Å². The normalized spacial score (nSPS) is 10.9. The second kappa shape index (κ2) is 6.11. The zero-order valence-corrected chi connectivity index (χ0v) is 14.1. The zero-order chi connectivity index (χ0) is 13.9. The van der Waals surface area contributed by atoms with Crippen LogP contribution in [0.2, 0.25) is 0 Å². The van der Waals surface area contributed by atoms with Crippen molar-refractivity contribution in [3.8, 4) is 5.75 Å². The first kappa shape index (κ1) is 13.9. The summed E-state index contributed by atoms with van der Waals surface area (Å²) in [6.45, 7) is 3.47. The Labute approximate surface area is 133 Å². The molecule has 1 N–H and O–H groups in total. The summed E-state index contributed by atoms with van der Waals surface area (Å²) in [5, 5.41) is 6.40. The van der Waals surface area contributed by atoms with E-state index in [9.17, 15) is 0 Å². The van der Waals surface area contributed by atoms with Crippen molar-refractivity contribution in [1.29, 1.82) is 0 Å². The van der Waals surface area contributed by atoms with Crippen molar-refractivity contribution in [3.05, 3.63) is 39.0 Å². The first-order chi connectivity index (χ1) is 9.74. The van der Waals surface area contributed by atoms with Gasteiger partial charge < -0.3 is 10.1 Å². The minimum Gasteiger partial charge on any atom is -0.494 e. The summed E-state index contributed by atoms with van der Waals surface area (Å²) in [7, 11) is 0. The molecule has 3 aromatic rings. The molecule has 0 saturated carbocycles. The third-order valence-electron chi connectivity index (χ3n) is 2.71. The van der Waals surface area contributed by atoms with Gasteiger partial charge in [0.1, 0.15) is 5.75 Å². The fraction of sp³-hybridized carbons (Fsp3) is 0.214. The molecule has 0 fully saturated rings. The van der Waals surface area contributed by atoms with E-state index < -0.39 is 0 Å². The lowest BCUT2D eigenvalue weighted by Crippen LogP contribution is -1.95. The average Bonchev–Trinajstić information content (AvgIpc) is 3.02. The molecule has 0 spiro atoms. The number of nitrogens with one attached hydrogen (secondary N) is 1. The predicted molar refractivity (Wildman–Crippen MR) is 90.1 cm³/mol. The predicted octanol–water partition coefficient (Wildman–Crippen LogP) is 5.13. The van der Waals surface area contributed by atoms with Crippen molar-refractivity contribution in [1.82, 2.24) is 4.98 Å². The molecule has 0 amide bonds. The maximum Gasteiger partial charge on any atom is 0.184 e. The second-order valence-electron chi connectivity index (χ2n) is 4.17. The van der Waals surface area contributed by atoms with E-state index in [-0.39, 0.29) is 0 Å². The van der Waals surface area contributed by atoms with Gasteiger partial charge in [-0.3, -0.25) is 0 Å². The second-order valence-corrected chi connectivity index (χ2v) is 7.11. The Balaban J connectivity index is 1.75. The average molecular weight is 369 g/mol. The highest BCUT2D eigenvalue weighted by atomic mass is 79.9. The Morgan fingerprint density at radius 3 is 3.00 bits per heavy atom. The number of hydrogen-bond acceptors (Lipinski definition) is 5. The standard InChI is InChI=1S/C14H13BrN2OS2/c1-2-18-10-3-4-12-13(6-10)20-14(17-12)16-7-11-5-9(15)8-19-11/h3-6,8H,2,7H2,1H3,(H,16,17). The van der Waals surface area contributed by atoms with Crippen LogP contribution in [-0.2, 0) is 6.54 Å². The van der Waals surface area contributed by atoms with Crippen LogP contribution in [0.5, 0.6) is 5.75 Å². The van der Waals surface area contributed by atoms with Crippen LogP contribution in [0.15, 0.2) is 34.1 Å². The number of halogens is 1. The summed E-state index contributed by atoms with van der Waals surface area (Å²) in [5.41, 5.74) is 1.01. The SMILES string of the molecule is CCOc1ccc2nc(NCc3cc(Br)cs3)sc2c1. The number of aromatic nitrogens is 1. The van der Waals surface area contributed by atoms with Crippen LogP contribution >= 0.6 is 38.6 Å². The highest BCUT2D eigenvalue weighted by molar-refractivity contribution is 9.10. The quantitative estimate of drug-likeness (QED) is 0.677. The molecule has 104 valence electrons. The third-order valence-corrected chi connectivity index (χ3v) is 5.38. The van der Waals surface area contributed by atoms with Crippen LogP contribution in [0.25, 0.3) is 10.2 Å². The Morgan fingerprint density at radius 2 is 2.25 bits per heavy atom. The van der Waals surface area contributed by atoms with E-state index in [0.717, 1.165) is 32.1 Å². The molecular formula is C14H13BrN2OS2. The molecule has 0 aliphatic heterocycles. The summed E-state index contributed by atoms with van der Waals surface area (Å²) in [5.74, 6) is 0.900. The fourth-order valence-corrected chi connectivity index (χ4v) is 4.13. The molecule has 0 atom stereocenters. The molecule has 0 aliphatic carbocycles. The van der Waals surface area contributed by atoms with Gasteiger partial charge in [0, 0.05) is 14.7 Å². The molecule has 0 saturated heterocycles. The van der Waals surface area contributed by atoms with Crippen LogP contribution in [0.4, 0.5) is 5.13 Å². The first-order valence-corrected chi connectivity index (χ1v) is 8.73. The van der Waals surface area contributed by atoms with Gasteiger partial charge in [-0.1, -0.05) is 11.3 Å². The van der Waals surface area contributed by atoms with Gasteiger partial charge in [0.05, 0.1) is 23.4 Å². The molecule has 0 unspecified atom stereocenters. The maximum atomic E-state index is 5.51. The molecule has 2 aromatic heterocycles. The molecule has 1 aromatic carbocycles. The lowest BCUT2D eigenvalue weighted by Gasteiger charge is -2.00. The minimum atomic E-state index is 0.683. The molecule has 2 heterocycles. The van der Waals surface area contributed by atoms with Gasteiger partial charge in [-0.2, -0.15) is 0 Å². The molecule has 6 heteroatoms. The van der Waals surface area contributed by atoms with Crippen LogP contribution in [0.1, 0.15) is 11.8 Å². The van der Waals surface area contributed by atoms with Crippen LogP contribution in [0, 0.1) is 0 Å². The van der Waals surface area contributed by atoms with Gasteiger partial charge in [-0.15, -0.1) is 11.3 Å². The van der Waals surface area contributed by atoms with Crippen molar-refractivity contribution >= 4 is 54.0 Å². The van der Waals surface area contributed by atoms with E-state index in [2.05, 4.69) is 37.7 Å². The van der Waals surface area contributed by atoms with Crippen molar-refractivity contribution in [2.24, 2.45) is 0 Å². The van der Waals surface area contributed by atoms with E-state index in [1.54, 1.807) is 22.7 Å². The van der Waals surface area contributed by atoms with Crippen LogP contribution in [-0.4, -0.2) is 11.6 Å². The Morgan fingerprint density at radius 1 is 1.35 bits per heavy atom. The minimum absolute atomic E-state index is 0.683. The van der Waals surface area contributed by atoms with Crippen molar-refractivity contribution in [2.45, 2.75) is 13.5 Å². The largest absolute Gasteiger partial charge is 0.494 e. The molecule has 0 aliphatic rings. The summed E-state index contributed by atoms with van der Waals surface area (Å²) in [6, 6.07) is 8.14. The summed E-state index contributed by atoms with van der Waals surface area (Å²) >= 11 is 6.85. The Hall–Kier alpha value is -1.11. The van der Waals surface area contributed by atoms with Gasteiger partial charge in [0.2, 0.25) is 0 Å². The van der Waals surface area contributed by atoms with E-state index in [4.69, 9.17) is 4.74 Å². The molecule has 3 nitrogen and oxygen atoms in total. The monoisotopic (exact) mass is 368 g/mol. The van der Waals surface area contributed by atoms with Gasteiger partial charge in [-0.25, -0.2) is 4.98 Å². The van der Waals surface area contributed by atoms with Gasteiger partial charge in [0.15, 0.2) is 5.13 Å². The van der Waals surface area contributed by atoms with Gasteiger partial charge in [-0.05, 0) is 47.1 Å². The Kier molecular flexibility index (Phi) is 4.24. The summed E-state index contributed by atoms with van der Waals surface area (Å²) < 4.78 is 7.78. The Bertz CT molecular complexity index is 723. The maximum absolute atomic E-state index is 5.51. The fourth-order valence-electron chi connectivity index (χ4n) is 1.85. The number of benzene rings is 1. The molecule has 20 heavy (non-hydrogen) atoms. The highest BCUT2D eigenvalue weighted by Crippen LogP contribution is 2.30. The first-order valence-electron chi connectivity index (χ1n) is 6.25. The lowest BCUT2D eigenvalue weighted by atomic mass is 10.3. The van der Waals surface area contributed by atoms with Gasteiger partial charge >= 0.3 is 0 Å². The van der Waals surface area contributed by atoms with Crippen LogP contribution < -0.4 is 10.1 Å². The summed E-state index contributed by atoms with van der Waals surface area (Å²) in [4.78, 5) is 5.86. The topological polar surface area (TPSA) is 34.1 Å². The van der Waals surface area contributed by atoms with E-state index in [1.165, 1.54) is 4.88 Å². The number of hydrogen-bond donors (Lipinski definition) is 1. The van der Waals surface area contributed by atoms with E-state index in [1.807, 2.05) is 25.1 Å². The molecule has 3 rings (SSSR count). The number of thiazole rings is 1. The number of anilines is 1. The number of thiophene rings is 1. The molecular weight excluding hydrogens is 356 g/mol. The highest BCUT2D eigenvalue weighted by Gasteiger charge is 2.05. The summed E-state index contributed by atoms with van der Waals surface area (Å²) in [6.07, 6.45) is 0. The number of nitrogens with zero attached hydrogens (tertiary/aromatic N) is 1. The lowest BCUT2D eigenvalue weighted by molar-refractivity contribution is 0.341. The van der Waals surface area contributed by atoms with E-state index in [0.29, 0.717) is 6.61 Å². The number of ether oxygens (including phenoxy) is 1. The van der Waals surface area contributed by atoms with Crippen molar-refractivity contribution < 1.29 is 4.74 Å². The molecule has 0 bridgehead atoms. The number of rotatable bonds is 5.